The zero-order valence-corrected chi connectivity index (χ0v) is 11.4. The highest BCUT2D eigenvalue weighted by Crippen LogP contribution is 2.20. The van der Waals surface area contributed by atoms with Crippen LogP contribution in [0.2, 0.25) is 0 Å². The second-order valence-corrected chi connectivity index (χ2v) is 5.42. The Morgan fingerprint density at radius 3 is 2.78 bits per heavy atom. The number of hydrogen-bond acceptors (Lipinski definition) is 5. The molecule has 0 aliphatic heterocycles. The summed E-state index contributed by atoms with van der Waals surface area (Å²) in [5, 5.41) is 13.4. The molecule has 0 aliphatic rings. The third-order valence-corrected chi connectivity index (χ3v) is 3.45. The third kappa shape index (κ3) is 2.66. The highest BCUT2D eigenvalue weighted by molar-refractivity contribution is 7.11. The van der Waals surface area contributed by atoms with Crippen molar-refractivity contribution in [2.45, 2.75) is 27.3 Å². The minimum Gasteiger partial charge on any atom is -0.377 e. The predicted molar refractivity (Wildman–Crippen MR) is 72.6 cm³/mol. The van der Waals surface area contributed by atoms with Gasteiger partial charge in [-0.15, -0.1) is 11.3 Å². The van der Waals surface area contributed by atoms with Gasteiger partial charge in [-0.3, -0.25) is 4.98 Å². The maximum absolute atomic E-state index is 9.15. The van der Waals surface area contributed by atoms with Crippen molar-refractivity contribution in [3.63, 3.8) is 0 Å². The van der Waals surface area contributed by atoms with Gasteiger partial charge in [-0.2, -0.15) is 5.26 Å². The van der Waals surface area contributed by atoms with Crippen LogP contribution in [0.4, 0.5) is 5.69 Å². The molecular weight excluding hydrogens is 244 g/mol. The van der Waals surface area contributed by atoms with E-state index in [4.69, 9.17) is 5.26 Å². The van der Waals surface area contributed by atoms with Gasteiger partial charge in [0.1, 0.15) is 11.1 Å². The van der Waals surface area contributed by atoms with E-state index in [1.54, 1.807) is 11.3 Å². The van der Waals surface area contributed by atoms with Crippen LogP contribution in [0.15, 0.2) is 12.3 Å². The fraction of sp³-hybridized carbons (Fsp3) is 0.308. The summed E-state index contributed by atoms with van der Waals surface area (Å²) in [6, 6.07) is 4.09. The van der Waals surface area contributed by atoms with Crippen molar-refractivity contribution in [3.05, 3.63) is 39.1 Å². The largest absolute Gasteiger partial charge is 0.377 e. The number of anilines is 1. The van der Waals surface area contributed by atoms with E-state index in [2.05, 4.69) is 21.4 Å². The topological polar surface area (TPSA) is 61.6 Å². The Labute approximate surface area is 110 Å². The molecule has 2 aromatic rings. The fourth-order valence-electron chi connectivity index (χ4n) is 1.76. The molecule has 0 aliphatic carbocycles. The first-order valence-electron chi connectivity index (χ1n) is 5.63. The van der Waals surface area contributed by atoms with Gasteiger partial charge in [-0.25, -0.2) is 4.98 Å². The SMILES string of the molecule is Cc1cc(NCc2ncc(C)s2)c(C#N)c(C)n1. The molecule has 5 heteroatoms. The number of aromatic nitrogens is 2. The summed E-state index contributed by atoms with van der Waals surface area (Å²) in [6.45, 7) is 6.44. The Kier molecular flexibility index (Phi) is 3.58. The Hall–Kier alpha value is -1.93. The molecule has 0 spiro atoms. The van der Waals surface area contributed by atoms with Crippen molar-refractivity contribution in [2.75, 3.05) is 5.32 Å². The third-order valence-electron chi connectivity index (χ3n) is 2.54. The Balaban J connectivity index is 2.21. The fourth-order valence-corrected chi connectivity index (χ4v) is 2.49. The predicted octanol–water partition coefficient (Wildman–Crippen LogP) is 2.95. The second-order valence-electron chi connectivity index (χ2n) is 4.10. The van der Waals surface area contributed by atoms with Gasteiger partial charge < -0.3 is 5.32 Å². The smallest absolute Gasteiger partial charge is 0.112 e. The lowest BCUT2D eigenvalue weighted by molar-refractivity contribution is 1.07. The molecule has 2 rings (SSSR count). The van der Waals surface area contributed by atoms with E-state index >= 15 is 0 Å². The van der Waals surface area contributed by atoms with E-state index < -0.39 is 0 Å². The first kappa shape index (κ1) is 12.5. The standard InChI is InChI=1S/C13H14N4S/c1-8-4-12(11(5-14)10(3)17-8)15-7-13-16-6-9(2)18-13/h4,6H,7H2,1-3H3,(H,15,17). The molecule has 0 bridgehead atoms. The first-order valence-corrected chi connectivity index (χ1v) is 6.45. The zero-order chi connectivity index (χ0) is 13.1. The summed E-state index contributed by atoms with van der Waals surface area (Å²) in [7, 11) is 0. The molecule has 0 fully saturated rings. The number of rotatable bonds is 3. The number of pyridine rings is 1. The minimum atomic E-state index is 0.605. The maximum atomic E-state index is 9.15. The Morgan fingerprint density at radius 1 is 1.39 bits per heavy atom. The summed E-state index contributed by atoms with van der Waals surface area (Å²) in [4.78, 5) is 9.77. The van der Waals surface area contributed by atoms with Crippen LogP contribution in [0.3, 0.4) is 0 Å². The molecule has 0 amide bonds. The van der Waals surface area contributed by atoms with Crippen molar-refractivity contribution < 1.29 is 0 Å². The molecule has 0 saturated heterocycles. The van der Waals surface area contributed by atoms with Crippen molar-refractivity contribution in [1.29, 1.82) is 5.26 Å². The molecule has 2 aromatic heterocycles. The van der Waals surface area contributed by atoms with Crippen LogP contribution in [-0.4, -0.2) is 9.97 Å². The van der Waals surface area contributed by atoms with E-state index in [1.165, 1.54) is 4.88 Å². The van der Waals surface area contributed by atoms with Gasteiger partial charge in [-0.1, -0.05) is 0 Å². The highest BCUT2D eigenvalue weighted by Gasteiger charge is 2.08. The van der Waals surface area contributed by atoms with Crippen LogP contribution >= 0.6 is 11.3 Å². The summed E-state index contributed by atoms with van der Waals surface area (Å²) < 4.78 is 0. The summed E-state index contributed by atoms with van der Waals surface area (Å²) in [5.74, 6) is 0. The van der Waals surface area contributed by atoms with E-state index in [0.717, 1.165) is 22.1 Å². The van der Waals surface area contributed by atoms with E-state index in [-0.39, 0.29) is 0 Å². The van der Waals surface area contributed by atoms with Crippen molar-refractivity contribution in [2.24, 2.45) is 0 Å². The lowest BCUT2D eigenvalue weighted by Gasteiger charge is -2.09. The number of thiazole rings is 1. The molecule has 0 radical (unpaired) electrons. The number of nitriles is 1. The van der Waals surface area contributed by atoms with Crippen LogP contribution in [0.25, 0.3) is 0 Å². The molecule has 0 atom stereocenters. The van der Waals surface area contributed by atoms with Crippen LogP contribution in [0, 0.1) is 32.1 Å². The lowest BCUT2D eigenvalue weighted by Crippen LogP contribution is -2.04. The lowest BCUT2D eigenvalue weighted by atomic mass is 10.1. The minimum absolute atomic E-state index is 0.605. The first-order chi connectivity index (χ1) is 8.60. The average Bonchev–Trinajstić information content (AvgIpc) is 2.72. The molecule has 18 heavy (non-hydrogen) atoms. The number of nitrogens with zero attached hydrogens (tertiary/aromatic N) is 3. The molecule has 92 valence electrons. The molecule has 0 unspecified atom stereocenters. The quantitative estimate of drug-likeness (QED) is 0.919. The van der Waals surface area contributed by atoms with E-state index in [1.807, 2.05) is 33.0 Å². The van der Waals surface area contributed by atoms with E-state index in [0.29, 0.717) is 12.1 Å². The summed E-state index contributed by atoms with van der Waals surface area (Å²) >= 11 is 1.66. The van der Waals surface area contributed by atoms with Gasteiger partial charge in [0.05, 0.1) is 23.5 Å². The molecule has 4 nitrogen and oxygen atoms in total. The van der Waals surface area contributed by atoms with Crippen LogP contribution in [0.5, 0.6) is 0 Å². The Morgan fingerprint density at radius 2 is 2.17 bits per heavy atom. The van der Waals surface area contributed by atoms with Gasteiger partial charge in [-0.05, 0) is 26.8 Å². The summed E-state index contributed by atoms with van der Waals surface area (Å²) in [6.07, 6.45) is 1.86. The number of hydrogen-bond donors (Lipinski definition) is 1. The van der Waals surface area contributed by atoms with Crippen molar-refractivity contribution in [3.8, 4) is 6.07 Å². The zero-order valence-electron chi connectivity index (χ0n) is 10.6. The van der Waals surface area contributed by atoms with Gasteiger partial charge in [0.2, 0.25) is 0 Å². The number of nitrogens with one attached hydrogen (secondary N) is 1. The van der Waals surface area contributed by atoms with Gasteiger partial charge >= 0.3 is 0 Å². The Bertz CT molecular complexity index is 610. The second kappa shape index (κ2) is 5.15. The normalized spacial score (nSPS) is 10.1. The molecular formula is C13H14N4S. The number of aryl methyl sites for hydroxylation is 3. The van der Waals surface area contributed by atoms with Gasteiger partial charge in [0.25, 0.3) is 0 Å². The summed E-state index contributed by atoms with van der Waals surface area (Å²) in [5.41, 5.74) is 3.10. The van der Waals surface area contributed by atoms with Gasteiger partial charge in [0, 0.05) is 16.8 Å². The monoisotopic (exact) mass is 258 g/mol. The molecule has 0 saturated carbocycles. The van der Waals surface area contributed by atoms with Crippen LogP contribution in [0.1, 0.15) is 26.8 Å². The molecule has 2 heterocycles. The van der Waals surface area contributed by atoms with Crippen LogP contribution < -0.4 is 5.32 Å². The highest BCUT2D eigenvalue weighted by atomic mass is 32.1. The van der Waals surface area contributed by atoms with Gasteiger partial charge in [0.15, 0.2) is 0 Å². The maximum Gasteiger partial charge on any atom is 0.112 e. The van der Waals surface area contributed by atoms with Crippen LogP contribution in [-0.2, 0) is 6.54 Å². The van der Waals surface area contributed by atoms with Crippen molar-refractivity contribution in [1.82, 2.24) is 9.97 Å². The average molecular weight is 258 g/mol. The van der Waals surface area contributed by atoms with E-state index in [9.17, 15) is 0 Å². The molecule has 1 N–H and O–H groups in total. The van der Waals surface area contributed by atoms with Crippen molar-refractivity contribution >= 4 is 17.0 Å². The molecule has 0 aromatic carbocycles.